The maximum absolute atomic E-state index is 12.3. The normalized spacial score (nSPS) is 16.0. The van der Waals surface area contributed by atoms with Gasteiger partial charge < -0.3 is 10.2 Å². The number of likely N-dealkylation sites (tertiary alicyclic amines) is 1. The number of nitrogens with one attached hydrogen (secondary N) is 1. The monoisotopic (exact) mass is 300 g/mol. The molecule has 110 valence electrons. The lowest BCUT2D eigenvalue weighted by Gasteiger charge is -2.31. The van der Waals surface area contributed by atoms with Crippen LogP contribution in [0.2, 0.25) is 0 Å². The van der Waals surface area contributed by atoms with Gasteiger partial charge in [0.1, 0.15) is 0 Å². The summed E-state index contributed by atoms with van der Waals surface area (Å²) >= 11 is 1.75. The Morgan fingerprint density at radius 2 is 2.10 bits per heavy atom. The Labute approximate surface area is 129 Å². The second-order valence-corrected chi connectivity index (χ2v) is 6.40. The van der Waals surface area contributed by atoms with E-state index < -0.39 is 0 Å². The van der Waals surface area contributed by atoms with Crippen molar-refractivity contribution in [2.45, 2.75) is 25.7 Å². The van der Waals surface area contributed by atoms with Gasteiger partial charge in [0.15, 0.2) is 0 Å². The van der Waals surface area contributed by atoms with Crippen molar-refractivity contribution in [2.24, 2.45) is 0 Å². The zero-order chi connectivity index (χ0) is 14.7. The molecule has 1 saturated heterocycles. The van der Waals surface area contributed by atoms with Gasteiger partial charge in [0.05, 0.1) is 0 Å². The lowest BCUT2D eigenvalue weighted by molar-refractivity contribution is 0.194. The molecule has 0 atom stereocenters. The molecule has 21 heavy (non-hydrogen) atoms. The van der Waals surface area contributed by atoms with Crippen molar-refractivity contribution in [3.63, 3.8) is 0 Å². The molecule has 0 unspecified atom stereocenters. The van der Waals surface area contributed by atoms with E-state index in [-0.39, 0.29) is 6.03 Å². The summed E-state index contributed by atoms with van der Waals surface area (Å²) in [6, 6.07) is 10.1. The van der Waals surface area contributed by atoms with E-state index in [0.29, 0.717) is 5.92 Å². The first kappa shape index (κ1) is 14.1. The summed E-state index contributed by atoms with van der Waals surface area (Å²) < 4.78 is 0. The van der Waals surface area contributed by atoms with Crippen LogP contribution in [0, 0.1) is 6.92 Å². The van der Waals surface area contributed by atoms with E-state index in [0.717, 1.165) is 37.2 Å². The highest BCUT2D eigenvalue weighted by atomic mass is 32.1. The molecule has 3 nitrogen and oxygen atoms in total. The Kier molecular flexibility index (Phi) is 4.25. The number of aryl methyl sites for hydroxylation is 1. The molecule has 4 heteroatoms. The molecule has 2 amide bonds. The molecular weight excluding hydrogens is 280 g/mol. The first-order valence-corrected chi connectivity index (χ1v) is 8.31. The van der Waals surface area contributed by atoms with Gasteiger partial charge in [0.2, 0.25) is 0 Å². The van der Waals surface area contributed by atoms with Crippen molar-refractivity contribution < 1.29 is 4.79 Å². The van der Waals surface area contributed by atoms with Gasteiger partial charge in [-0.05, 0) is 65.8 Å². The molecular formula is C17H20N2OS. The fraction of sp³-hybridized carbons (Fsp3) is 0.353. The minimum atomic E-state index is 0.0179. The average molecular weight is 300 g/mol. The fourth-order valence-electron chi connectivity index (χ4n) is 2.85. The van der Waals surface area contributed by atoms with Crippen LogP contribution in [0.4, 0.5) is 10.5 Å². The third kappa shape index (κ3) is 3.45. The van der Waals surface area contributed by atoms with Gasteiger partial charge in [0, 0.05) is 18.8 Å². The van der Waals surface area contributed by atoms with E-state index in [1.165, 1.54) is 5.56 Å². The number of piperidine rings is 1. The highest BCUT2D eigenvalue weighted by Gasteiger charge is 2.23. The second kappa shape index (κ2) is 6.31. The van der Waals surface area contributed by atoms with Gasteiger partial charge in [-0.25, -0.2) is 4.79 Å². The van der Waals surface area contributed by atoms with Crippen LogP contribution in [-0.4, -0.2) is 24.0 Å². The van der Waals surface area contributed by atoms with Gasteiger partial charge in [-0.15, -0.1) is 0 Å². The molecule has 1 aliphatic heterocycles. The molecule has 0 bridgehead atoms. The van der Waals surface area contributed by atoms with E-state index in [1.807, 2.05) is 36.1 Å². The predicted octanol–water partition coefficient (Wildman–Crippen LogP) is 4.47. The molecule has 1 aromatic carbocycles. The summed E-state index contributed by atoms with van der Waals surface area (Å²) in [6.07, 6.45) is 2.11. The van der Waals surface area contributed by atoms with Crippen LogP contribution in [0.3, 0.4) is 0 Å². The first-order valence-electron chi connectivity index (χ1n) is 7.37. The topological polar surface area (TPSA) is 32.3 Å². The Hall–Kier alpha value is -1.81. The summed E-state index contributed by atoms with van der Waals surface area (Å²) in [6.45, 7) is 3.69. The van der Waals surface area contributed by atoms with E-state index in [2.05, 4.69) is 22.1 Å². The second-order valence-electron chi connectivity index (χ2n) is 5.62. The SMILES string of the molecule is Cc1cccc(NC(=O)N2CCC(c3ccsc3)CC2)c1. The summed E-state index contributed by atoms with van der Waals surface area (Å²) in [4.78, 5) is 14.2. The highest BCUT2D eigenvalue weighted by Crippen LogP contribution is 2.29. The molecule has 1 aromatic heterocycles. The number of amides is 2. The molecule has 0 aliphatic carbocycles. The summed E-state index contributed by atoms with van der Waals surface area (Å²) in [5, 5.41) is 7.35. The number of anilines is 1. The standard InChI is InChI=1S/C17H20N2OS/c1-13-3-2-4-16(11-13)18-17(20)19-8-5-14(6-9-19)15-7-10-21-12-15/h2-4,7,10-12,14H,5-6,8-9H2,1H3,(H,18,20). The van der Waals surface area contributed by atoms with Crippen molar-refractivity contribution in [1.29, 1.82) is 0 Å². The Balaban J connectivity index is 1.55. The number of urea groups is 1. The third-order valence-electron chi connectivity index (χ3n) is 4.07. The van der Waals surface area contributed by atoms with E-state index in [9.17, 15) is 4.79 Å². The summed E-state index contributed by atoms with van der Waals surface area (Å²) in [5.74, 6) is 0.610. The lowest BCUT2D eigenvalue weighted by atomic mass is 9.91. The summed E-state index contributed by atoms with van der Waals surface area (Å²) in [5.41, 5.74) is 3.46. The third-order valence-corrected chi connectivity index (χ3v) is 4.77. The van der Waals surface area contributed by atoms with Gasteiger partial charge in [-0.2, -0.15) is 11.3 Å². The van der Waals surface area contributed by atoms with E-state index in [1.54, 1.807) is 11.3 Å². The largest absolute Gasteiger partial charge is 0.324 e. The fourth-order valence-corrected chi connectivity index (χ4v) is 3.59. The van der Waals surface area contributed by atoms with Crippen LogP contribution in [0.25, 0.3) is 0 Å². The molecule has 1 N–H and O–H groups in total. The van der Waals surface area contributed by atoms with Crippen LogP contribution >= 0.6 is 11.3 Å². The number of hydrogen-bond donors (Lipinski definition) is 1. The van der Waals surface area contributed by atoms with Crippen LogP contribution < -0.4 is 5.32 Å². The number of thiophene rings is 1. The minimum Gasteiger partial charge on any atom is -0.324 e. The van der Waals surface area contributed by atoms with Crippen molar-refractivity contribution in [1.82, 2.24) is 4.90 Å². The Morgan fingerprint density at radius 1 is 1.29 bits per heavy atom. The molecule has 0 saturated carbocycles. The van der Waals surface area contributed by atoms with Gasteiger partial charge in [-0.3, -0.25) is 0 Å². The summed E-state index contributed by atoms with van der Waals surface area (Å²) in [7, 11) is 0. The minimum absolute atomic E-state index is 0.0179. The number of carbonyl (C=O) groups excluding carboxylic acids is 1. The van der Waals surface area contributed by atoms with Crippen LogP contribution in [0.5, 0.6) is 0 Å². The molecule has 1 aliphatic rings. The van der Waals surface area contributed by atoms with Crippen molar-refractivity contribution in [2.75, 3.05) is 18.4 Å². The van der Waals surface area contributed by atoms with Crippen molar-refractivity contribution >= 4 is 23.1 Å². The number of rotatable bonds is 2. The molecule has 0 radical (unpaired) electrons. The smallest absolute Gasteiger partial charge is 0.321 e. The predicted molar refractivity (Wildman–Crippen MR) is 88.1 cm³/mol. The quantitative estimate of drug-likeness (QED) is 0.872. The Morgan fingerprint density at radius 3 is 2.76 bits per heavy atom. The van der Waals surface area contributed by atoms with Crippen LogP contribution in [-0.2, 0) is 0 Å². The first-order chi connectivity index (χ1) is 10.2. The van der Waals surface area contributed by atoms with E-state index >= 15 is 0 Å². The molecule has 1 fully saturated rings. The number of benzene rings is 1. The van der Waals surface area contributed by atoms with Gasteiger partial charge >= 0.3 is 6.03 Å². The van der Waals surface area contributed by atoms with E-state index in [4.69, 9.17) is 0 Å². The van der Waals surface area contributed by atoms with Gasteiger partial charge in [-0.1, -0.05) is 12.1 Å². The maximum atomic E-state index is 12.3. The van der Waals surface area contributed by atoms with Crippen molar-refractivity contribution in [3.8, 4) is 0 Å². The van der Waals surface area contributed by atoms with Crippen molar-refractivity contribution in [3.05, 3.63) is 52.2 Å². The zero-order valence-corrected chi connectivity index (χ0v) is 13.0. The molecule has 3 rings (SSSR count). The molecule has 0 spiro atoms. The lowest BCUT2D eigenvalue weighted by Crippen LogP contribution is -2.40. The Bertz CT molecular complexity index is 601. The highest BCUT2D eigenvalue weighted by molar-refractivity contribution is 7.07. The number of hydrogen-bond acceptors (Lipinski definition) is 2. The maximum Gasteiger partial charge on any atom is 0.321 e. The zero-order valence-electron chi connectivity index (χ0n) is 12.2. The molecule has 2 heterocycles. The number of nitrogens with zero attached hydrogens (tertiary/aromatic N) is 1. The average Bonchev–Trinajstić information content (AvgIpc) is 3.01. The van der Waals surface area contributed by atoms with Crippen LogP contribution in [0.15, 0.2) is 41.1 Å². The van der Waals surface area contributed by atoms with Gasteiger partial charge in [0.25, 0.3) is 0 Å². The van der Waals surface area contributed by atoms with Crippen LogP contribution in [0.1, 0.15) is 29.9 Å². The number of carbonyl (C=O) groups is 1. The molecule has 2 aromatic rings.